The maximum Gasteiger partial charge on any atom is 0.229 e. The van der Waals surface area contributed by atoms with Gasteiger partial charge < -0.3 is 16.0 Å². The topological polar surface area (TPSA) is 74.8 Å². The van der Waals surface area contributed by atoms with Gasteiger partial charge in [0, 0.05) is 38.9 Å². The summed E-state index contributed by atoms with van der Waals surface area (Å²) >= 11 is 70.5. The van der Waals surface area contributed by atoms with Gasteiger partial charge in [-0.05, 0) is 0 Å². The highest BCUT2D eigenvalue weighted by Gasteiger charge is 2.26. The highest BCUT2D eigenvalue weighted by Crippen LogP contribution is 2.34. The Hall–Kier alpha value is 2.18. The van der Waals surface area contributed by atoms with Crippen LogP contribution in [0.3, 0.4) is 0 Å². The van der Waals surface area contributed by atoms with Gasteiger partial charge in [0.2, 0.25) is 17.8 Å². The van der Waals surface area contributed by atoms with Crippen LogP contribution in [0.2, 0.25) is 0 Å². The maximum atomic E-state index is 6.20. The molecule has 0 radical (unpaired) electrons. The Balaban J connectivity index is 0.0000109. The Morgan fingerprint density at radius 3 is 0.882 bits per heavy atom. The standard InChI is InChI=1S/C15H18Cl12N6.ClH/c16-7(1-13(19,20)21)4-28-10-31-11(29-5-8(17)2-14(22,23)24)33-12(32-10)30-6-9(18)3-15(25,26)27;/h7-9H,1-6H2,(H3,28,29,30,31,32,33);1H. The Bertz CT molecular complexity index is 617. The molecule has 0 fully saturated rings. The molecular weight excluding hydrogens is 725 g/mol. The number of hydrogen-bond donors (Lipinski definition) is 3. The molecule has 34 heavy (non-hydrogen) atoms. The van der Waals surface area contributed by atoms with Crippen molar-refractivity contribution >= 4 is 169 Å². The van der Waals surface area contributed by atoms with Crippen molar-refractivity contribution in [3.63, 3.8) is 0 Å². The third-order valence-electron chi connectivity index (χ3n) is 3.44. The van der Waals surface area contributed by atoms with E-state index >= 15 is 0 Å². The van der Waals surface area contributed by atoms with Gasteiger partial charge in [0.15, 0.2) is 11.4 Å². The highest BCUT2D eigenvalue weighted by molar-refractivity contribution is 6.68. The Labute approximate surface area is 264 Å². The van der Waals surface area contributed by atoms with E-state index in [4.69, 9.17) is 139 Å². The number of anilines is 3. The lowest BCUT2D eigenvalue weighted by Gasteiger charge is -2.18. The average molecular weight is 744 g/mol. The minimum Gasteiger partial charge on any atom is -0.353 e. The molecule has 3 atom stereocenters. The van der Waals surface area contributed by atoms with E-state index < -0.39 is 27.5 Å². The third-order valence-corrected chi connectivity index (χ3v) is 5.75. The van der Waals surface area contributed by atoms with Crippen LogP contribution in [0.15, 0.2) is 0 Å². The molecule has 0 aromatic carbocycles. The fraction of sp³-hybridized carbons (Fsp3) is 0.800. The quantitative estimate of drug-likeness (QED) is 0.186. The van der Waals surface area contributed by atoms with Gasteiger partial charge in [-0.3, -0.25) is 0 Å². The number of hydrogen-bond acceptors (Lipinski definition) is 6. The SMILES string of the molecule is Cl.ClC(CNc1nc(NCC(Cl)CC(Cl)(Cl)Cl)nc(NCC(Cl)CC(Cl)(Cl)Cl)n1)CC(Cl)(Cl)Cl. The van der Waals surface area contributed by atoms with Crippen LogP contribution in [0.25, 0.3) is 0 Å². The average Bonchev–Trinajstić information content (AvgIpc) is 2.59. The van der Waals surface area contributed by atoms with Gasteiger partial charge in [0.1, 0.15) is 0 Å². The van der Waals surface area contributed by atoms with Crippen molar-refractivity contribution in [2.45, 2.75) is 46.8 Å². The minimum atomic E-state index is -1.50. The van der Waals surface area contributed by atoms with E-state index in [2.05, 4.69) is 30.9 Å². The van der Waals surface area contributed by atoms with Crippen molar-refractivity contribution in [3.05, 3.63) is 0 Å². The molecule has 0 amide bonds. The summed E-state index contributed by atoms with van der Waals surface area (Å²) in [4.78, 5) is 12.8. The second-order valence-electron chi connectivity index (χ2n) is 6.70. The summed E-state index contributed by atoms with van der Waals surface area (Å²) in [5.74, 6) is 0.555. The summed E-state index contributed by atoms with van der Waals surface area (Å²) in [6.45, 7) is 0.611. The molecule has 3 unspecified atom stereocenters. The zero-order chi connectivity index (χ0) is 25.4. The van der Waals surface area contributed by atoms with Crippen LogP contribution in [0.5, 0.6) is 0 Å². The van der Waals surface area contributed by atoms with Gasteiger partial charge in [-0.2, -0.15) is 15.0 Å². The van der Waals surface area contributed by atoms with E-state index in [1.807, 2.05) is 0 Å². The monoisotopic (exact) mass is 738 g/mol. The summed E-state index contributed by atoms with van der Waals surface area (Å²) < 4.78 is -4.49. The van der Waals surface area contributed by atoms with Crippen molar-refractivity contribution < 1.29 is 0 Å². The van der Waals surface area contributed by atoms with E-state index in [1.165, 1.54) is 0 Å². The molecule has 0 aliphatic carbocycles. The van der Waals surface area contributed by atoms with E-state index in [0.717, 1.165) is 0 Å². The molecule has 0 saturated carbocycles. The molecule has 0 aliphatic heterocycles. The summed E-state index contributed by atoms with van der Waals surface area (Å²) in [6, 6.07) is 0. The van der Waals surface area contributed by atoms with Crippen LogP contribution in [0.1, 0.15) is 19.3 Å². The first kappa shape index (κ1) is 36.2. The summed E-state index contributed by atoms with van der Waals surface area (Å²) in [5, 5.41) is 7.32. The Morgan fingerprint density at radius 1 is 0.500 bits per heavy atom. The molecule has 1 heterocycles. The van der Waals surface area contributed by atoms with E-state index in [0.29, 0.717) is 0 Å². The number of aromatic nitrogens is 3. The second-order valence-corrected chi connectivity index (χ2v) is 16.1. The third kappa shape index (κ3) is 19.3. The molecular formula is C15H19Cl13N6. The molecule has 200 valence electrons. The maximum absolute atomic E-state index is 6.20. The first-order chi connectivity index (χ1) is 14.9. The fourth-order valence-electron chi connectivity index (χ4n) is 2.19. The predicted octanol–water partition coefficient (Wildman–Crippen LogP) is 8.63. The highest BCUT2D eigenvalue weighted by atomic mass is 35.6. The summed E-state index contributed by atoms with van der Waals surface area (Å²) in [5.41, 5.74) is 0. The molecule has 0 saturated heterocycles. The minimum absolute atomic E-state index is 0. The van der Waals surface area contributed by atoms with Crippen LogP contribution in [0, 0.1) is 0 Å². The zero-order valence-electron chi connectivity index (χ0n) is 16.8. The van der Waals surface area contributed by atoms with Gasteiger partial charge in [0.05, 0.1) is 16.1 Å². The molecule has 6 nitrogen and oxygen atoms in total. The number of halogens is 13. The van der Waals surface area contributed by atoms with Gasteiger partial charge >= 0.3 is 0 Å². The Morgan fingerprint density at radius 2 is 0.706 bits per heavy atom. The first-order valence-corrected chi connectivity index (χ1v) is 13.7. The molecule has 1 aromatic heterocycles. The van der Waals surface area contributed by atoms with Crippen LogP contribution in [-0.4, -0.2) is 62.1 Å². The molecule has 1 rings (SSSR count). The largest absolute Gasteiger partial charge is 0.353 e. The van der Waals surface area contributed by atoms with Gasteiger partial charge in [-0.1, -0.05) is 104 Å². The number of alkyl halides is 12. The number of rotatable bonds is 12. The molecule has 0 spiro atoms. The lowest BCUT2D eigenvalue weighted by Crippen LogP contribution is -2.24. The van der Waals surface area contributed by atoms with Crippen LogP contribution in [-0.2, 0) is 0 Å². The first-order valence-electron chi connectivity index (χ1n) is 9.02. The van der Waals surface area contributed by atoms with Crippen molar-refractivity contribution in [2.24, 2.45) is 0 Å². The second kappa shape index (κ2) is 16.3. The Kier molecular flexibility index (Phi) is 17.4. The molecule has 0 bridgehead atoms. The molecule has 0 aliphatic rings. The molecule has 19 heteroatoms. The molecule has 3 N–H and O–H groups in total. The number of nitrogens with one attached hydrogen (secondary N) is 3. The normalized spacial score (nSPS) is 15.2. The van der Waals surface area contributed by atoms with Crippen LogP contribution < -0.4 is 16.0 Å². The predicted molar refractivity (Wildman–Crippen MR) is 156 cm³/mol. The fourth-order valence-corrected chi connectivity index (χ4v) is 5.50. The van der Waals surface area contributed by atoms with Gasteiger partial charge in [-0.15, -0.1) is 47.2 Å². The van der Waals surface area contributed by atoms with Crippen LogP contribution in [0.4, 0.5) is 17.8 Å². The number of nitrogens with zero attached hydrogens (tertiary/aromatic N) is 3. The zero-order valence-corrected chi connectivity index (χ0v) is 26.6. The van der Waals surface area contributed by atoms with Crippen molar-refractivity contribution in [2.75, 3.05) is 35.6 Å². The summed E-state index contributed by atoms with van der Waals surface area (Å²) in [7, 11) is 0. The van der Waals surface area contributed by atoms with Crippen LogP contribution >= 0.6 is 152 Å². The molecule has 1 aromatic rings. The van der Waals surface area contributed by atoms with Gasteiger partial charge in [-0.25, -0.2) is 0 Å². The lowest BCUT2D eigenvalue weighted by molar-refractivity contribution is 0.775. The lowest BCUT2D eigenvalue weighted by atomic mass is 10.3. The van der Waals surface area contributed by atoms with Crippen molar-refractivity contribution in [3.8, 4) is 0 Å². The summed E-state index contributed by atoms with van der Waals surface area (Å²) in [6.07, 6.45) is 0.302. The van der Waals surface area contributed by atoms with E-state index in [-0.39, 0.29) is 69.1 Å². The van der Waals surface area contributed by atoms with E-state index in [1.54, 1.807) is 0 Å². The van der Waals surface area contributed by atoms with Gasteiger partial charge in [0.25, 0.3) is 0 Å². The smallest absolute Gasteiger partial charge is 0.229 e. The van der Waals surface area contributed by atoms with Crippen molar-refractivity contribution in [1.82, 2.24) is 15.0 Å². The van der Waals surface area contributed by atoms with E-state index in [9.17, 15) is 0 Å². The van der Waals surface area contributed by atoms with Crippen molar-refractivity contribution in [1.29, 1.82) is 0 Å².